The van der Waals surface area contributed by atoms with Crippen molar-refractivity contribution in [3.8, 4) is 0 Å². The molecule has 2 aromatic rings. The van der Waals surface area contributed by atoms with E-state index in [9.17, 15) is 26.9 Å². The number of hydrogen-bond donors (Lipinski definition) is 1. The van der Waals surface area contributed by atoms with Gasteiger partial charge in [-0.25, -0.2) is 4.39 Å². The molecule has 0 spiro atoms. The molecule has 0 radical (unpaired) electrons. The molecule has 0 heterocycles. The molecule has 5 nitrogen and oxygen atoms in total. The molecule has 2 aromatic carbocycles. The molecule has 1 N–H and O–H groups in total. The van der Waals surface area contributed by atoms with Gasteiger partial charge in [-0.05, 0) is 49.7 Å². The van der Waals surface area contributed by atoms with Gasteiger partial charge in [0.25, 0.3) is 5.91 Å². The molecule has 0 fully saturated rings. The number of anilines is 1. The van der Waals surface area contributed by atoms with Gasteiger partial charge in [-0.2, -0.15) is 13.2 Å². The Balaban J connectivity index is 2.08. The van der Waals surface area contributed by atoms with Gasteiger partial charge in [0.15, 0.2) is 0 Å². The van der Waals surface area contributed by atoms with E-state index in [1.54, 1.807) is 26.0 Å². The monoisotopic (exact) mass is 433 g/mol. The smallest absolute Gasteiger partial charge is 0.322 e. The summed E-state index contributed by atoms with van der Waals surface area (Å²) in [4.78, 5) is 12.2. The molecule has 2 rings (SSSR count). The normalized spacial score (nSPS) is 12.1. The summed E-state index contributed by atoms with van der Waals surface area (Å²) < 4.78 is 74.4. The maximum atomic E-state index is 13.6. The van der Waals surface area contributed by atoms with Gasteiger partial charge in [0.2, 0.25) is 0 Å². The van der Waals surface area contributed by atoms with Crippen LogP contribution in [0, 0.1) is 5.82 Å². The van der Waals surface area contributed by atoms with Crippen LogP contribution in [-0.4, -0.2) is 19.1 Å². The summed E-state index contributed by atoms with van der Waals surface area (Å²) in [5.74, 6) is -2.29. The number of benzene rings is 2. The van der Waals surface area contributed by atoms with E-state index in [0.29, 0.717) is 23.4 Å². The highest BCUT2D eigenvalue weighted by molar-refractivity contribution is 7.53. The summed E-state index contributed by atoms with van der Waals surface area (Å²) in [5, 5.41) is 2.47. The molecule has 0 saturated carbocycles. The number of hydrogen-bond acceptors (Lipinski definition) is 4. The summed E-state index contributed by atoms with van der Waals surface area (Å²) in [6, 6.07) is 8.21. The lowest BCUT2D eigenvalue weighted by atomic mass is 10.1. The van der Waals surface area contributed by atoms with Crippen LogP contribution in [0.3, 0.4) is 0 Å². The van der Waals surface area contributed by atoms with Crippen LogP contribution in [0.5, 0.6) is 0 Å². The Labute approximate surface area is 165 Å². The third-order valence-electron chi connectivity index (χ3n) is 3.78. The van der Waals surface area contributed by atoms with Crippen LogP contribution >= 0.6 is 7.60 Å². The van der Waals surface area contributed by atoms with Crippen molar-refractivity contribution in [1.82, 2.24) is 0 Å². The standard InChI is InChI=1S/C19H20F4NO4P/c1-3-27-29(26,28-4-2)12-13-5-8-15(9-6-13)24-18(25)14-7-10-16(17(20)11-14)19(21,22)23/h5-11H,3-4,12H2,1-2H3,(H,24,25). The highest BCUT2D eigenvalue weighted by Gasteiger charge is 2.34. The van der Waals surface area contributed by atoms with Gasteiger partial charge in [0.05, 0.1) is 24.9 Å². The molecular weight excluding hydrogens is 413 g/mol. The van der Waals surface area contributed by atoms with Crippen LogP contribution < -0.4 is 5.32 Å². The molecule has 0 aliphatic carbocycles. The Kier molecular flexibility index (Phi) is 7.57. The van der Waals surface area contributed by atoms with E-state index in [1.807, 2.05) is 0 Å². The molecular formula is C19H20F4NO4P. The second kappa shape index (κ2) is 9.52. The van der Waals surface area contributed by atoms with Gasteiger partial charge in [0.1, 0.15) is 5.82 Å². The summed E-state index contributed by atoms with van der Waals surface area (Å²) in [6.45, 7) is 3.87. The first-order chi connectivity index (χ1) is 13.6. The lowest BCUT2D eigenvalue weighted by Gasteiger charge is -2.17. The van der Waals surface area contributed by atoms with Crippen molar-refractivity contribution >= 4 is 19.2 Å². The molecule has 0 bridgehead atoms. The predicted octanol–water partition coefficient (Wildman–Crippen LogP) is 5.86. The topological polar surface area (TPSA) is 64.6 Å². The minimum absolute atomic E-state index is 0.0486. The fraction of sp³-hybridized carbons (Fsp3) is 0.316. The highest BCUT2D eigenvalue weighted by atomic mass is 31.2. The van der Waals surface area contributed by atoms with E-state index >= 15 is 0 Å². The van der Waals surface area contributed by atoms with Crippen LogP contribution in [0.4, 0.5) is 23.2 Å². The number of nitrogens with one attached hydrogen (secondary N) is 1. The van der Waals surface area contributed by atoms with Crippen molar-refractivity contribution in [3.05, 3.63) is 65.0 Å². The number of alkyl halides is 3. The van der Waals surface area contributed by atoms with Gasteiger partial charge in [0, 0.05) is 11.3 Å². The lowest BCUT2D eigenvalue weighted by Crippen LogP contribution is -2.14. The molecule has 0 saturated heterocycles. The maximum Gasteiger partial charge on any atom is 0.419 e. The first-order valence-corrected chi connectivity index (χ1v) is 10.5. The van der Waals surface area contributed by atoms with E-state index in [-0.39, 0.29) is 24.9 Å². The van der Waals surface area contributed by atoms with E-state index in [1.165, 1.54) is 12.1 Å². The Morgan fingerprint density at radius 3 is 2.10 bits per heavy atom. The van der Waals surface area contributed by atoms with E-state index in [0.717, 1.165) is 6.07 Å². The summed E-state index contributed by atoms with van der Waals surface area (Å²) in [6.07, 6.45) is -4.79. The Morgan fingerprint density at radius 2 is 1.62 bits per heavy atom. The SMILES string of the molecule is CCOP(=O)(Cc1ccc(NC(=O)c2ccc(C(F)(F)F)c(F)c2)cc1)OCC. The molecule has 0 aliphatic heterocycles. The van der Waals surface area contributed by atoms with Gasteiger partial charge in [-0.1, -0.05) is 12.1 Å². The molecule has 0 aromatic heterocycles. The Morgan fingerprint density at radius 1 is 1.03 bits per heavy atom. The maximum absolute atomic E-state index is 13.6. The van der Waals surface area contributed by atoms with Crippen molar-refractivity contribution in [2.75, 3.05) is 18.5 Å². The van der Waals surface area contributed by atoms with Crippen LogP contribution in [0.15, 0.2) is 42.5 Å². The van der Waals surface area contributed by atoms with Crippen molar-refractivity contribution < 1.29 is 36.0 Å². The molecule has 0 atom stereocenters. The van der Waals surface area contributed by atoms with Crippen molar-refractivity contribution in [2.24, 2.45) is 0 Å². The van der Waals surface area contributed by atoms with Crippen LogP contribution in [-0.2, 0) is 26.0 Å². The third kappa shape index (κ3) is 6.39. The minimum Gasteiger partial charge on any atom is -0.322 e. The fourth-order valence-corrected chi connectivity index (χ4v) is 4.23. The molecule has 0 aliphatic rings. The third-order valence-corrected chi connectivity index (χ3v) is 5.83. The second-order valence-corrected chi connectivity index (χ2v) is 8.00. The highest BCUT2D eigenvalue weighted by Crippen LogP contribution is 2.51. The lowest BCUT2D eigenvalue weighted by molar-refractivity contribution is -0.140. The van der Waals surface area contributed by atoms with E-state index in [4.69, 9.17) is 9.05 Å². The van der Waals surface area contributed by atoms with Crippen LogP contribution in [0.25, 0.3) is 0 Å². The largest absolute Gasteiger partial charge is 0.419 e. The minimum atomic E-state index is -4.84. The number of carbonyl (C=O) groups is 1. The fourth-order valence-electron chi connectivity index (χ4n) is 2.53. The summed E-state index contributed by atoms with van der Waals surface area (Å²) in [5.41, 5.74) is -0.710. The number of halogens is 4. The number of rotatable bonds is 8. The van der Waals surface area contributed by atoms with Gasteiger partial charge in [-0.15, -0.1) is 0 Å². The van der Waals surface area contributed by atoms with Crippen molar-refractivity contribution in [3.63, 3.8) is 0 Å². The van der Waals surface area contributed by atoms with E-state index < -0.39 is 31.1 Å². The van der Waals surface area contributed by atoms with E-state index in [2.05, 4.69) is 5.32 Å². The van der Waals surface area contributed by atoms with Gasteiger partial charge < -0.3 is 14.4 Å². The first kappa shape index (κ1) is 23.1. The quantitative estimate of drug-likeness (QED) is 0.418. The number of carbonyl (C=O) groups excluding carboxylic acids is 1. The molecule has 29 heavy (non-hydrogen) atoms. The van der Waals surface area contributed by atoms with Crippen LogP contribution in [0.1, 0.15) is 35.3 Å². The van der Waals surface area contributed by atoms with Gasteiger partial charge >= 0.3 is 13.8 Å². The predicted molar refractivity (Wildman–Crippen MR) is 100 cm³/mol. The van der Waals surface area contributed by atoms with Crippen LogP contribution in [0.2, 0.25) is 0 Å². The molecule has 10 heteroatoms. The zero-order chi connectivity index (χ0) is 21.7. The van der Waals surface area contributed by atoms with Gasteiger partial charge in [-0.3, -0.25) is 9.36 Å². The average Bonchev–Trinajstić information content (AvgIpc) is 2.62. The zero-order valence-electron chi connectivity index (χ0n) is 15.8. The molecule has 1 amide bonds. The first-order valence-electron chi connectivity index (χ1n) is 8.73. The summed E-state index contributed by atoms with van der Waals surface area (Å²) in [7, 11) is -3.28. The van der Waals surface area contributed by atoms with Crippen molar-refractivity contribution in [2.45, 2.75) is 26.2 Å². The zero-order valence-corrected chi connectivity index (χ0v) is 16.6. The second-order valence-electron chi connectivity index (χ2n) is 5.95. The van der Waals surface area contributed by atoms with Crippen molar-refractivity contribution in [1.29, 1.82) is 0 Å². The Hall–Kier alpha value is -2.22. The molecule has 0 unspecified atom stereocenters. The summed E-state index contributed by atoms with van der Waals surface area (Å²) >= 11 is 0. The average molecular weight is 433 g/mol. The molecule has 158 valence electrons. The number of amides is 1. The Bertz CT molecular complexity index is 890.